The van der Waals surface area contributed by atoms with Crippen LogP contribution in [0.2, 0.25) is 10.2 Å². The predicted octanol–water partition coefficient (Wildman–Crippen LogP) is 2.05. The maximum atomic E-state index is 12.1. The van der Waals surface area contributed by atoms with E-state index in [4.69, 9.17) is 27.9 Å². The lowest BCUT2D eigenvalue weighted by Gasteiger charge is -2.16. The summed E-state index contributed by atoms with van der Waals surface area (Å²) in [5.41, 5.74) is 0. The van der Waals surface area contributed by atoms with E-state index < -0.39 is 10.0 Å². The van der Waals surface area contributed by atoms with E-state index in [9.17, 15) is 8.42 Å². The Labute approximate surface area is 117 Å². The molecule has 0 saturated heterocycles. The average molecular weight is 313 g/mol. The number of nitrogens with zero attached hydrogens (tertiary/aromatic N) is 2. The molecule has 18 heavy (non-hydrogen) atoms. The topological polar surface area (TPSA) is 59.5 Å². The second-order valence-electron chi connectivity index (χ2n) is 3.62. The number of ether oxygens (including phenoxy) is 1. The van der Waals surface area contributed by atoms with Gasteiger partial charge in [-0.25, -0.2) is 17.7 Å². The monoisotopic (exact) mass is 312 g/mol. The van der Waals surface area contributed by atoms with Crippen LogP contribution >= 0.6 is 23.2 Å². The summed E-state index contributed by atoms with van der Waals surface area (Å²) in [5.74, 6) is 0. The number of aromatic nitrogens is 1. The number of hydrogen-bond acceptors (Lipinski definition) is 4. The van der Waals surface area contributed by atoms with Gasteiger partial charge in [-0.15, -0.1) is 0 Å². The summed E-state index contributed by atoms with van der Waals surface area (Å²) in [6.07, 6.45) is 1.80. The Morgan fingerprint density at radius 1 is 1.44 bits per heavy atom. The van der Waals surface area contributed by atoms with Crippen molar-refractivity contribution in [3.05, 3.63) is 22.4 Å². The lowest BCUT2D eigenvalue weighted by atomic mass is 10.5. The molecule has 1 rings (SSSR count). The smallest absolute Gasteiger partial charge is 0.244 e. The first-order chi connectivity index (χ1) is 8.39. The van der Waals surface area contributed by atoms with Crippen LogP contribution in [0.15, 0.2) is 17.2 Å². The van der Waals surface area contributed by atoms with Crippen molar-refractivity contribution < 1.29 is 13.2 Å². The number of rotatable bonds is 6. The highest BCUT2D eigenvalue weighted by Gasteiger charge is 2.21. The van der Waals surface area contributed by atoms with Crippen LogP contribution in [0.1, 0.15) is 6.42 Å². The molecule has 0 aliphatic rings. The molecule has 1 heterocycles. The van der Waals surface area contributed by atoms with Crippen LogP contribution in [-0.4, -0.2) is 45.0 Å². The van der Waals surface area contributed by atoms with Crippen LogP contribution < -0.4 is 0 Å². The SMILES string of the molecule is COCCCN(C)S(=O)(=O)c1cnc(Cl)c(Cl)c1. The van der Waals surface area contributed by atoms with Crippen molar-refractivity contribution in [1.29, 1.82) is 0 Å². The minimum Gasteiger partial charge on any atom is -0.385 e. The van der Waals surface area contributed by atoms with Crippen molar-refractivity contribution in [2.24, 2.45) is 0 Å². The second kappa shape index (κ2) is 6.68. The molecule has 0 aliphatic carbocycles. The summed E-state index contributed by atoms with van der Waals surface area (Å²) in [7, 11) is -0.526. The molecule has 0 radical (unpaired) electrons. The van der Waals surface area contributed by atoms with Gasteiger partial charge < -0.3 is 4.74 Å². The summed E-state index contributed by atoms with van der Waals surface area (Å²) >= 11 is 11.4. The third-order valence-electron chi connectivity index (χ3n) is 2.30. The van der Waals surface area contributed by atoms with Crippen molar-refractivity contribution in [1.82, 2.24) is 9.29 Å². The van der Waals surface area contributed by atoms with Gasteiger partial charge in [0.2, 0.25) is 10.0 Å². The molecule has 1 aromatic heterocycles. The van der Waals surface area contributed by atoms with Gasteiger partial charge in [0.15, 0.2) is 0 Å². The van der Waals surface area contributed by atoms with Crippen molar-refractivity contribution >= 4 is 33.2 Å². The molecule has 0 amide bonds. The summed E-state index contributed by atoms with van der Waals surface area (Å²) in [4.78, 5) is 3.75. The fourth-order valence-corrected chi connectivity index (χ4v) is 2.79. The van der Waals surface area contributed by atoms with Crippen LogP contribution in [0.4, 0.5) is 0 Å². The molecule has 0 spiro atoms. The molecule has 0 bridgehead atoms. The van der Waals surface area contributed by atoms with Gasteiger partial charge in [0, 0.05) is 33.5 Å². The molecule has 0 fully saturated rings. The fourth-order valence-electron chi connectivity index (χ4n) is 1.28. The minimum absolute atomic E-state index is 0.0248. The molecular formula is C10H14Cl2N2O3S. The van der Waals surface area contributed by atoms with Crippen LogP contribution in [0.5, 0.6) is 0 Å². The van der Waals surface area contributed by atoms with Crippen LogP contribution in [0.25, 0.3) is 0 Å². The van der Waals surface area contributed by atoms with E-state index in [-0.39, 0.29) is 15.1 Å². The van der Waals surface area contributed by atoms with Crippen molar-refractivity contribution in [3.8, 4) is 0 Å². The standard InChI is InChI=1S/C10H14Cl2N2O3S/c1-14(4-3-5-17-2)18(15,16)8-6-9(11)10(12)13-7-8/h6-7H,3-5H2,1-2H3. The highest BCUT2D eigenvalue weighted by atomic mass is 35.5. The summed E-state index contributed by atoms with van der Waals surface area (Å²) in [6, 6.07) is 1.29. The molecular weight excluding hydrogens is 299 g/mol. The van der Waals surface area contributed by atoms with Gasteiger partial charge in [-0.1, -0.05) is 23.2 Å². The van der Waals surface area contributed by atoms with E-state index in [1.165, 1.54) is 23.6 Å². The van der Waals surface area contributed by atoms with E-state index in [1.54, 1.807) is 7.11 Å². The summed E-state index contributed by atoms with van der Waals surface area (Å²) in [5, 5.41) is 0.195. The largest absolute Gasteiger partial charge is 0.385 e. The first-order valence-corrected chi connectivity index (χ1v) is 7.35. The zero-order chi connectivity index (χ0) is 13.8. The second-order valence-corrected chi connectivity index (χ2v) is 6.43. The lowest BCUT2D eigenvalue weighted by Crippen LogP contribution is -2.28. The molecule has 8 heteroatoms. The highest BCUT2D eigenvalue weighted by molar-refractivity contribution is 7.89. The lowest BCUT2D eigenvalue weighted by molar-refractivity contribution is 0.189. The van der Waals surface area contributed by atoms with Gasteiger partial charge in [0.25, 0.3) is 0 Å². The predicted molar refractivity (Wildman–Crippen MR) is 70.6 cm³/mol. The van der Waals surface area contributed by atoms with Crippen LogP contribution in [-0.2, 0) is 14.8 Å². The van der Waals surface area contributed by atoms with Gasteiger partial charge >= 0.3 is 0 Å². The number of pyridine rings is 1. The van der Waals surface area contributed by atoms with E-state index in [2.05, 4.69) is 4.98 Å². The third-order valence-corrected chi connectivity index (χ3v) is 4.81. The van der Waals surface area contributed by atoms with E-state index in [0.29, 0.717) is 19.6 Å². The Balaban J connectivity index is 2.88. The Hall–Kier alpha value is -0.400. The van der Waals surface area contributed by atoms with Crippen molar-refractivity contribution in [3.63, 3.8) is 0 Å². The number of methoxy groups -OCH3 is 1. The molecule has 5 nitrogen and oxygen atoms in total. The normalized spacial score (nSPS) is 12.1. The van der Waals surface area contributed by atoms with Crippen LogP contribution in [0, 0.1) is 0 Å². The molecule has 102 valence electrons. The molecule has 0 unspecified atom stereocenters. The minimum atomic E-state index is -3.59. The first-order valence-electron chi connectivity index (χ1n) is 5.16. The van der Waals surface area contributed by atoms with Gasteiger partial charge in [0.1, 0.15) is 10.0 Å². The third kappa shape index (κ3) is 3.80. The summed E-state index contributed by atoms with van der Waals surface area (Å²) < 4.78 is 30.4. The number of halogens is 2. The average Bonchev–Trinajstić information content (AvgIpc) is 2.32. The first kappa shape index (κ1) is 15.7. The number of sulfonamides is 1. The maximum absolute atomic E-state index is 12.1. The highest BCUT2D eigenvalue weighted by Crippen LogP contribution is 2.23. The number of hydrogen-bond donors (Lipinski definition) is 0. The molecule has 1 aromatic rings. The molecule has 0 aromatic carbocycles. The Morgan fingerprint density at radius 3 is 2.67 bits per heavy atom. The van der Waals surface area contributed by atoms with E-state index >= 15 is 0 Å². The summed E-state index contributed by atoms with van der Waals surface area (Å²) in [6.45, 7) is 0.857. The molecule has 0 saturated carbocycles. The van der Waals surface area contributed by atoms with E-state index in [0.717, 1.165) is 0 Å². The quantitative estimate of drug-likeness (QED) is 0.596. The van der Waals surface area contributed by atoms with Crippen molar-refractivity contribution in [2.45, 2.75) is 11.3 Å². The van der Waals surface area contributed by atoms with Gasteiger partial charge in [-0.2, -0.15) is 0 Å². The van der Waals surface area contributed by atoms with Gasteiger partial charge in [-0.05, 0) is 12.5 Å². The van der Waals surface area contributed by atoms with E-state index in [1.807, 2.05) is 0 Å². The molecule has 0 aliphatic heterocycles. The van der Waals surface area contributed by atoms with Crippen molar-refractivity contribution in [2.75, 3.05) is 27.3 Å². The van der Waals surface area contributed by atoms with Gasteiger partial charge in [0.05, 0.1) is 5.02 Å². The maximum Gasteiger partial charge on any atom is 0.244 e. The Kier molecular flexibility index (Phi) is 5.81. The van der Waals surface area contributed by atoms with Crippen LogP contribution in [0.3, 0.4) is 0 Å². The molecule has 0 N–H and O–H groups in total. The zero-order valence-electron chi connectivity index (χ0n) is 10.1. The zero-order valence-corrected chi connectivity index (χ0v) is 12.4. The Bertz CT molecular complexity index is 508. The fraction of sp³-hybridized carbons (Fsp3) is 0.500. The molecule has 0 atom stereocenters. The van der Waals surface area contributed by atoms with Gasteiger partial charge in [-0.3, -0.25) is 0 Å². The Morgan fingerprint density at radius 2 is 2.11 bits per heavy atom.